The van der Waals surface area contributed by atoms with Crippen LogP contribution in [0.1, 0.15) is 13.8 Å². The molecule has 0 aliphatic heterocycles. The van der Waals surface area contributed by atoms with Crippen molar-refractivity contribution >= 4 is 5.95 Å². The van der Waals surface area contributed by atoms with Gasteiger partial charge in [-0.15, -0.1) is 0 Å². The van der Waals surface area contributed by atoms with Crippen molar-refractivity contribution in [1.29, 1.82) is 0 Å². The summed E-state index contributed by atoms with van der Waals surface area (Å²) >= 11 is 0. The molecule has 4 nitrogen and oxygen atoms in total. The molecule has 0 radical (unpaired) electrons. The maximum Gasteiger partial charge on any atom is 0.202 e. The molecule has 0 aliphatic carbocycles. The van der Waals surface area contributed by atoms with Crippen molar-refractivity contribution in [3.63, 3.8) is 0 Å². The molecular weight excluding hydrogens is 188 g/mol. The fourth-order valence-corrected chi connectivity index (χ4v) is 1.41. The van der Waals surface area contributed by atoms with Gasteiger partial charge in [0, 0.05) is 32.0 Å². The lowest BCUT2D eigenvalue weighted by atomic mass is 10.2. The number of hydrogen-bond donors (Lipinski definition) is 1. The molecule has 0 aromatic carbocycles. The lowest BCUT2D eigenvalue weighted by molar-refractivity contribution is 0.424. The first-order valence-electron chi connectivity index (χ1n) is 5.49. The molecule has 1 aromatic rings. The summed E-state index contributed by atoms with van der Waals surface area (Å²) in [5.41, 5.74) is 0. The Morgan fingerprint density at radius 1 is 1.47 bits per heavy atom. The Morgan fingerprint density at radius 3 is 2.80 bits per heavy atom. The van der Waals surface area contributed by atoms with E-state index >= 15 is 0 Å². The quantitative estimate of drug-likeness (QED) is 0.772. The smallest absolute Gasteiger partial charge is 0.202 e. The molecule has 0 spiro atoms. The Morgan fingerprint density at radius 2 is 2.20 bits per heavy atom. The third-order valence-electron chi connectivity index (χ3n) is 2.12. The van der Waals surface area contributed by atoms with Crippen LogP contribution in [0.25, 0.3) is 0 Å². The van der Waals surface area contributed by atoms with Crippen LogP contribution in [-0.4, -0.2) is 41.6 Å². The first-order chi connectivity index (χ1) is 7.09. The molecule has 1 N–H and O–H groups in total. The van der Waals surface area contributed by atoms with E-state index in [2.05, 4.69) is 47.7 Å². The molecule has 86 valence electrons. The SMILES string of the molecule is CC(C)Cn1ccnc1NCCN(C)C. The minimum absolute atomic E-state index is 0.647. The molecule has 0 atom stereocenters. The monoisotopic (exact) mass is 210 g/mol. The minimum atomic E-state index is 0.647. The predicted molar refractivity (Wildman–Crippen MR) is 64.1 cm³/mol. The van der Waals surface area contributed by atoms with Gasteiger partial charge in [-0.1, -0.05) is 13.8 Å². The van der Waals surface area contributed by atoms with Gasteiger partial charge in [0.1, 0.15) is 0 Å². The van der Waals surface area contributed by atoms with Crippen LogP contribution in [0.3, 0.4) is 0 Å². The minimum Gasteiger partial charge on any atom is -0.354 e. The second-order valence-corrected chi connectivity index (χ2v) is 4.53. The third kappa shape index (κ3) is 4.34. The van der Waals surface area contributed by atoms with Gasteiger partial charge in [-0.05, 0) is 20.0 Å². The van der Waals surface area contributed by atoms with Crippen LogP contribution in [0, 0.1) is 5.92 Å². The summed E-state index contributed by atoms with van der Waals surface area (Å²) in [5, 5.41) is 3.34. The zero-order valence-corrected chi connectivity index (χ0v) is 10.2. The first-order valence-corrected chi connectivity index (χ1v) is 5.49. The number of rotatable bonds is 6. The van der Waals surface area contributed by atoms with E-state index in [4.69, 9.17) is 0 Å². The number of nitrogens with one attached hydrogen (secondary N) is 1. The Hall–Kier alpha value is -1.03. The number of aromatic nitrogens is 2. The van der Waals surface area contributed by atoms with Crippen molar-refractivity contribution < 1.29 is 0 Å². The van der Waals surface area contributed by atoms with Gasteiger partial charge in [0.25, 0.3) is 0 Å². The van der Waals surface area contributed by atoms with E-state index in [0.29, 0.717) is 5.92 Å². The van der Waals surface area contributed by atoms with Crippen LogP contribution in [0.4, 0.5) is 5.95 Å². The van der Waals surface area contributed by atoms with Gasteiger partial charge in [0.2, 0.25) is 5.95 Å². The second-order valence-electron chi connectivity index (χ2n) is 4.53. The number of likely N-dealkylation sites (N-methyl/N-ethyl adjacent to an activating group) is 1. The molecule has 0 aliphatic rings. The Kier molecular flexibility index (Phi) is 4.62. The van der Waals surface area contributed by atoms with Crippen LogP contribution in [0.2, 0.25) is 0 Å². The van der Waals surface area contributed by atoms with Gasteiger partial charge >= 0.3 is 0 Å². The van der Waals surface area contributed by atoms with E-state index in [9.17, 15) is 0 Å². The Balaban J connectivity index is 2.43. The molecular formula is C11H22N4. The molecule has 0 unspecified atom stereocenters. The second kappa shape index (κ2) is 5.75. The molecule has 0 saturated heterocycles. The van der Waals surface area contributed by atoms with Crippen molar-refractivity contribution in [3.05, 3.63) is 12.4 Å². The third-order valence-corrected chi connectivity index (χ3v) is 2.12. The Bertz CT molecular complexity index is 278. The summed E-state index contributed by atoms with van der Waals surface area (Å²) in [6, 6.07) is 0. The molecule has 1 rings (SSSR count). The maximum atomic E-state index is 4.30. The van der Waals surface area contributed by atoms with Gasteiger partial charge in [-0.25, -0.2) is 4.98 Å². The normalized spacial score (nSPS) is 11.3. The van der Waals surface area contributed by atoms with Gasteiger partial charge in [0.15, 0.2) is 0 Å². The summed E-state index contributed by atoms with van der Waals surface area (Å²) in [6.45, 7) is 7.40. The highest BCUT2D eigenvalue weighted by molar-refractivity contribution is 5.25. The van der Waals surface area contributed by atoms with Crippen molar-refractivity contribution in [2.24, 2.45) is 5.92 Å². The average Bonchev–Trinajstić information content (AvgIpc) is 2.51. The van der Waals surface area contributed by atoms with E-state index in [0.717, 1.165) is 25.6 Å². The molecule has 4 heteroatoms. The average molecular weight is 210 g/mol. The molecule has 15 heavy (non-hydrogen) atoms. The van der Waals surface area contributed by atoms with Gasteiger partial charge in [0.05, 0.1) is 0 Å². The zero-order valence-electron chi connectivity index (χ0n) is 10.2. The Labute approximate surface area is 92.3 Å². The van der Waals surface area contributed by atoms with E-state index in [1.54, 1.807) is 0 Å². The van der Waals surface area contributed by atoms with E-state index in [-0.39, 0.29) is 0 Å². The largest absolute Gasteiger partial charge is 0.354 e. The lowest BCUT2D eigenvalue weighted by Crippen LogP contribution is -2.22. The molecule has 0 saturated carbocycles. The van der Waals surface area contributed by atoms with Crippen molar-refractivity contribution in [1.82, 2.24) is 14.5 Å². The molecule has 0 fully saturated rings. The summed E-state index contributed by atoms with van der Waals surface area (Å²) in [5.74, 6) is 1.62. The number of hydrogen-bond acceptors (Lipinski definition) is 3. The van der Waals surface area contributed by atoms with Crippen LogP contribution in [0.5, 0.6) is 0 Å². The summed E-state index contributed by atoms with van der Waals surface area (Å²) in [7, 11) is 4.14. The number of imidazole rings is 1. The summed E-state index contributed by atoms with van der Waals surface area (Å²) < 4.78 is 2.17. The van der Waals surface area contributed by atoms with Crippen molar-refractivity contribution in [2.45, 2.75) is 20.4 Å². The standard InChI is InChI=1S/C11H22N4/c1-10(2)9-15-8-6-13-11(15)12-5-7-14(3)4/h6,8,10H,5,7,9H2,1-4H3,(H,12,13). The first kappa shape index (κ1) is 12.0. The maximum absolute atomic E-state index is 4.30. The predicted octanol–water partition coefficient (Wildman–Crippen LogP) is 1.51. The van der Waals surface area contributed by atoms with Crippen LogP contribution < -0.4 is 5.32 Å². The highest BCUT2D eigenvalue weighted by Crippen LogP contribution is 2.07. The van der Waals surface area contributed by atoms with Crippen molar-refractivity contribution in [2.75, 3.05) is 32.5 Å². The van der Waals surface area contributed by atoms with Gasteiger partial charge < -0.3 is 14.8 Å². The molecule has 1 aromatic heterocycles. The van der Waals surface area contributed by atoms with Gasteiger partial charge in [-0.2, -0.15) is 0 Å². The highest BCUT2D eigenvalue weighted by Gasteiger charge is 2.03. The van der Waals surface area contributed by atoms with Crippen LogP contribution >= 0.6 is 0 Å². The zero-order chi connectivity index (χ0) is 11.3. The van der Waals surface area contributed by atoms with E-state index in [1.807, 2.05) is 12.4 Å². The highest BCUT2D eigenvalue weighted by atomic mass is 15.2. The van der Waals surface area contributed by atoms with E-state index < -0.39 is 0 Å². The fourth-order valence-electron chi connectivity index (χ4n) is 1.41. The molecule has 0 bridgehead atoms. The van der Waals surface area contributed by atoms with Crippen LogP contribution in [0.15, 0.2) is 12.4 Å². The van der Waals surface area contributed by atoms with Crippen LogP contribution in [-0.2, 0) is 6.54 Å². The van der Waals surface area contributed by atoms with Crippen molar-refractivity contribution in [3.8, 4) is 0 Å². The van der Waals surface area contributed by atoms with E-state index in [1.165, 1.54) is 0 Å². The topological polar surface area (TPSA) is 33.1 Å². The number of anilines is 1. The molecule has 0 amide bonds. The summed E-state index contributed by atoms with van der Waals surface area (Å²) in [4.78, 5) is 6.45. The summed E-state index contributed by atoms with van der Waals surface area (Å²) in [6.07, 6.45) is 3.87. The molecule has 1 heterocycles. The number of nitrogens with zero attached hydrogens (tertiary/aromatic N) is 3. The fraction of sp³-hybridized carbons (Fsp3) is 0.727. The van der Waals surface area contributed by atoms with Gasteiger partial charge in [-0.3, -0.25) is 0 Å². The lowest BCUT2D eigenvalue weighted by Gasteiger charge is -2.13.